The molecule has 19 heavy (non-hydrogen) atoms. The molecular weight excluding hydrogens is 242 g/mol. The molecule has 1 aromatic rings. The number of fused-ring (bicyclic) bond motifs is 2. The van der Waals surface area contributed by atoms with Crippen LogP contribution in [-0.2, 0) is 0 Å². The number of piperazine rings is 1. The van der Waals surface area contributed by atoms with Gasteiger partial charge >= 0.3 is 6.09 Å². The summed E-state index contributed by atoms with van der Waals surface area (Å²) >= 11 is 0. The van der Waals surface area contributed by atoms with E-state index in [0.29, 0.717) is 18.7 Å². The zero-order chi connectivity index (χ0) is 13.4. The summed E-state index contributed by atoms with van der Waals surface area (Å²) in [5.74, 6) is 0. The zero-order valence-electron chi connectivity index (χ0n) is 10.5. The van der Waals surface area contributed by atoms with E-state index in [9.17, 15) is 9.90 Å². The van der Waals surface area contributed by atoms with E-state index in [1.165, 1.54) is 0 Å². The fourth-order valence-corrected chi connectivity index (χ4v) is 3.26. The number of nitrogens with zero attached hydrogens (tertiary/aromatic N) is 3. The van der Waals surface area contributed by atoms with Crippen molar-refractivity contribution in [2.45, 2.75) is 24.9 Å². The van der Waals surface area contributed by atoms with E-state index < -0.39 is 6.09 Å². The summed E-state index contributed by atoms with van der Waals surface area (Å²) in [5.41, 5.74) is 1.58. The summed E-state index contributed by atoms with van der Waals surface area (Å²) in [6, 6.07) is 9.84. The molecule has 2 fully saturated rings. The third-order valence-corrected chi connectivity index (χ3v) is 4.07. The maximum Gasteiger partial charge on any atom is 0.407 e. The minimum atomic E-state index is -0.819. The molecule has 5 heteroatoms. The molecular formula is C14H15N3O2. The molecule has 2 atom stereocenters. The van der Waals surface area contributed by atoms with Crippen molar-refractivity contribution < 1.29 is 9.90 Å². The topological polar surface area (TPSA) is 67.6 Å². The molecule has 0 aromatic heterocycles. The third-order valence-electron chi connectivity index (χ3n) is 4.07. The average Bonchev–Trinajstić information content (AvgIpc) is 2.70. The lowest BCUT2D eigenvalue weighted by atomic mass is 10.1. The van der Waals surface area contributed by atoms with Gasteiger partial charge in [-0.2, -0.15) is 5.26 Å². The van der Waals surface area contributed by atoms with Crippen LogP contribution in [0.15, 0.2) is 24.3 Å². The van der Waals surface area contributed by atoms with Gasteiger partial charge in [0.1, 0.15) is 6.07 Å². The lowest BCUT2D eigenvalue weighted by Gasteiger charge is -2.40. The highest BCUT2D eigenvalue weighted by Crippen LogP contribution is 2.33. The number of rotatable bonds is 1. The van der Waals surface area contributed by atoms with Gasteiger partial charge in [-0.3, -0.25) is 4.90 Å². The number of carboxylic acid groups (broad SMARTS) is 1. The van der Waals surface area contributed by atoms with Gasteiger partial charge in [-0.1, -0.05) is 12.1 Å². The number of nitriles is 1. The predicted molar refractivity (Wildman–Crippen MR) is 70.0 cm³/mol. The maximum atomic E-state index is 11.2. The highest BCUT2D eigenvalue weighted by atomic mass is 16.4. The second kappa shape index (κ2) is 4.47. The molecule has 2 heterocycles. The second-order valence-electron chi connectivity index (χ2n) is 5.11. The van der Waals surface area contributed by atoms with Crippen LogP contribution < -0.4 is 4.90 Å². The van der Waals surface area contributed by atoms with Crippen LogP contribution in [0.2, 0.25) is 0 Å². The van der Waals surface area contributed by atoms with E-state index in [4.69, 9.17) is 5.26 Å². The predicted octanol–water partition coefficient (Wildman–Crippen LogP) is 1.89. The van der Waals surface area contributed by atoms with Crippen LogP contribution in [0.4, 0.5) is 10.5 Å². The molecule has 0 saturated carbocycles. The normalized spacial score (nSPS) is 25.2. The number of anilines is 1. The van der Waals surface area contributed by atoms with Crippen molar-refractivity contribution in [3.63, 3.8) is 0 Å². The molecule has 2 aliphatic rings. The number of amides is 1. The van der Waals surface area contributed by atoms with Crippen molar-refractivity contribution in [1.82, 2.24) is 4.90 Å². The molecule has 1 N–H and O–H groups in total. The Morgan fingerprint density at radius 3 is 2.47 bits per heavy atom. The molecule has 2 bridgehead atoms. The molecule has 2 unspecified atom stereocenters. The van der Waals surface area contributed by atoms with Crippen LogP contribution in [-0.4, -0.2) is 41.3 Å². The van der Waals surface area contributed by atoms with Crippen LogP contribution in [0.5, 0.6) is 0 Å². The smallest absolute Gasteiger partial charge is 0.407 e. The summed E-state index contributed by atoms with van der Waals surface area (Å²) in [6.07, 6.45) is 1.02. The highest BCUT2D eigenvalue weighted by Gasteiger charge is 2.42. The summed E-state index contributed by atoms with van der Waals surface area (Å²) in [5, 5.41) is 18.4. The van der Waals surface area contributed by atoms with E-state index in [-0.39, 0.29) is 12.1 Å². The molecule has 98 valence electrons. The minimum Gasteiger partial charge on any atom is -0.465 e. The quantitative estimate of drug-likeness (QED) is 0.834. The Bertz CT molecular complexity index is 538. The van der Waals surface area contributed by atoms with E-state index in [1.807, 2.05) is 18.2 Å². The standard InChI is InChI=1S/C14H15N3O2/c15-7-10-3-1-2-4-13(10)16-8-11-5-6-12(9-16)17(11)14(18)19/h1-4,11-12H,5-6,8-9H2,(H,18,19). The van der Waals surface area contributed by atoms with Crippen molar-refractivity contribution in [3.05, 3.63) is 29.8 Å². The van der Waals surface area contributed by atoms with Gasteiger partial charge in [0.25, 0.3) is 0 Å². The Labute approximate surface area is 111 Å². The maximum absolute atomic E-state index is 11.2. The van der Waals surface area contributed by atoms with Crippen LogP contribution in [0.1, 0.15) is 18.4 Å². The first-order chi connectivity index (χ1) is 9.20. The summed E-state index contributed by atoms with van der Waals surface area (Å²) in [7, 11) is 0. The second-order valence-corrected chi connectivity index (χ2v) is 5.11. The van der Waals surface area contributed by atoms with Crippen LogP contribution in [0.25, 0.3) is 0 Å². The first-order valence-electron chi connectivity index (χ1n) is 6.46. The molecule has 0 spiro atoms. The molecule has 0 radical (unpaired) electrons. The summed E-state index contributed by atoms with van der Waals surface area (Å²) < 4.78 is 0. The van der Waals surface area contributed by atoms with Crippen molar-refractivity contribution in [2.24, 2.45) is 0 Å². The Kier molecular flexibility index (Phi) is 2.79. The largest absolute Gasteiger partial charge is 0.465 e. The first-order valence-corrected chi connectivity index (χ1v) is 6.46. The van der Waals surface area contributed by atoms with E-state index in [0.717, 1.165) is 18.5 Å². The molecule has 5 nitrogen and oxygen atoms in total. The van der Waals surface area contributed by atoms with Gasteiger partial charge in [0.15, 0.2) is 0 Å². The van der Waals surface area contributed by atoms with Gasteiger partial charge in [-0.05, 0) is 25.0 Å². The van der Waals surface area contributed by atoms with Crippen molar-refractivity contribution in [1.29, 1.82) is 5.26 Å². The fraction of sp³-hybridized carbons (Fsp3) is 0.429. The zero-order valence-corrected chi connectivity index (χ0v) is 10.5. The molecule has 2 saturated heterocycles. The van der Waals surface area contributed by atoms with Crippen molar-refractivity contribution in [2.75, 3.05) is 18.0 Å². The van der Waals surface area contributed by atoms with E-state index in [2.05, 4.69) is 11.0 Å². The summed E-state index contributed by atoms with van der Waals surface area (Å²) in [6.45, 7) is 1.36. The summed E-state index contributed by atoms with van der Waals surface area (Å²) in [4.78, 5) is 15.0. The van der Waals surface area contributed by atoms with Crippen molar-refractivity contribution >= 4 is 11.8 Å². The van der Waals surface area contributed by atoms with Gasteiger partial charge in [0.2, 0.25) is 0 Å². The number of hydrogen-bond acceptors (Lipinski definition) is 3. The monoisotopic (exact) mass is 257 g/mol. The van der Waals surface area contributed by atoms with Gasteiger partial charge in [0, 0.05) is 13.1 Å². The Balaban J connectivity index is 1.87. The molecule has 1 aromatic carbocycles. The number of carbonyl (C=O) groups is 1. The lowest BCUT2D eigenvalue weighted by molar-refractivity contribution is 0.115. The fourth-order valence-electron chi connectivity index (χ4n) is 3.26. The molecule has 2 aliphatic heterocycles. The first kappa shape index (κ1) is 11.8. The SMILES string of the molecule is N#Cc1ccccc1N1CC2CCC(C1)N2C(=O)O. The highest BCUT2D eigenvalue weighted by molar-refractivity contribution is 5.68. The number of benzene rings is 1. The third kappa shape index (κ3) is 1.89. The van der Waals surface area contributed by atoms with Crippen LogP contribution in [0.3, 0.4) is 0 Å². The van der Waals surface area contributed by atoms with E-state index >= 15 is 0 Å². The molecule has 3 rings (SSSR count). The number of hydrogen-bond donors (Lipinski definition) is 1. The Morgan fingerprint density at radius 1 is 1.26 bits per heavy atom. The molecule has 1 amide bonds. The van der Waals surface area contributed by atoms with E-state index in [1.54, 1.807) is 11.0 Å². The Morgan fingerprint density at radius 2 is 1.89 bits per heavy atom. The van der Waals surface area contributed by atoms with Gasteiger partial charge in [0.05, 0.1) is 23.3 Å². The van der Waals surface area contributed by atoms with Gasteiger partial charge in [-0.15, -0.1) is 0 Å². The van der Waals surface area contributed by atoms with Crippen LogP contribution >= 0.6 is 0 Å². The van der Waals surface area contributed by atoms with Crippen molar-refractivity contribution in [3.8, 4) is 6.07 Å². The lowest BCUT2D eigenvalue weighted by Crippen LogP contribution is -2.55. The molecule has 0 aliphatic carbocycles. The van der Waals surface area contributed by atoms with Gasteiger partial charge < -0.3 is 10.0 Å². The van der Waals surface area contributed by atoms with Crippen LogP contribution in [0, 0.1) is 11.3 Å². The number of para-hydroxylation sites is 1. The Hall–Kier alpha value is -2.22. The van der Waals surface area contributed by atoms with Gasteiger partial charge in [-0.25, -0.2) is 4.79 Å². The average molecular weight is 257 g/mol. The minimum absolute atomic E-state index is 0.0583.